The molecule has 0 saturated heterocycles. The Hall–Kier alpha value is -0.650. The van der Waals surface area contributed by atoms with E-state index >= 15 is 0 Å². The first-order chi connectivity index (χ1) is 7.93. The summed E-state index contributed by atoms with van der Waals surface area (Å²) >= 11 is 0. The fraction of sp³-hybridized carbons (Fsp3) is 0.917. The van der Waals surface area contributed by atoms with Gasteiger partial charge in [-0.1, -0.05) is 26.7 Å². The van der Waals surface area contributed by atoms with Gasteiger partial charge in [-0.2, -0.15) is 0 Å². The van der Waals surface area contributed by atoms with Crippen LogP contribution in [0.15, 0.2) is 0 Å². The maximum Gasteiger partial charge on any atom is 0.309 e. The number of carbonyl (C=O) groups is 1. The molecular weight excluding hydrogens is 220 g/mol. The Morgan fingerprint density at radius 2 is 1.94 bits per heavy atom. The van der Waals surface area contributed by atoms with Crippen molar-refractivity contribution in [1.29, 1.82) is 0 Å². The van der Waals surface area contributed by atoms with E-state index in [4.69, 9.17) is 16.6 Å². The van der Waals surface area contributed by atoms with Crippen LogP contribution in [0.3, 0.4) is 0 Å². The second-order valence-corrected chi connectivity index (χ2v) is 5.07. The van der Waals surface area contributed by atoms with E-state index in [9.17, 15) is 9.90 Å². The normalized spacial score (nSPS) is 35.2. The molecule has 1 aliphatic carbocycles. The lowest BCUT2D eigenvalue weighted by Crippen LogP contribution is -2.48. The molecule has 100 valence electrons. The largest absolute Gasteiger partial charge is 0.481 e. The van der Waals surface area contributed by atoms with Crippen LogP contribution in [0.5, 0.6) is 0 Å². The van der Waals surface area contributed by atoms with Gasteiger partial charge in [0.25, 0.3) is 0 Å². The molecule has 1 saturated carbocycles. The van der Waals surface area contributed by atoms with Crippen molar-refractivity contribution < 1.29 is 15.0 Å². The molecule has 0 aromatic carbocycles. The lowest BCUT2D eigenvalue weighted by Gasteiger charge is -2.31. The molecule has 0 aliphatic heterocycles. The van der Waals surface area contributed by atoms with E-state index in [0.29, 0.717) is 6.42 Å². The van der Waals surface area contributed by atoms with Crippen molar-refractivity contribution in [3.63, 3.8) is 0 Å². The summed E-state index contributed by atoms with van der Waals surface area (Å²) in [7, 11) is 0. The number of rotatable bonds is 5. The standard InChI is InChI=1S/C12H24N2O3/c1-3-6(4-2)10(14)9-8(13)5-7(11(9)15)12(16)17/h6-11,15H,3-5,13-14H2,1-2H3,(H,16,17). The molecule has 5 unspecified atom stereocenters. The maximum atomic E-state index is 11.0. The number of nitrogens with two attached hydrogens (primary N) is 2. The van der Waals surface area contributed by atoms with Gasteiger partial charge in [0.2, 0.25) is 0 Å². The molecule has 0 radical (unpaired) electrons. The fourth-order valence-corrected chi connectivity index (χ4v) is 3.02. The van der Waals surface area contributed by atoms with Gasteiger partial charge in [-0.3, -0.25) is 4.79 Å². The van der Waals surface area contributed by atoms with Crippen molar-refractivity contribution in [3.8, 4) is 0 Å². The summed E-state index contributed by atoms with van der Waals surface area (Å²) < 4.78 is 0. The zero-order chi connectivity index (χ0) is 13.2. The molecule has 1 aliphatic rings. The molecule has 0 aromatic rings. The Balaban J connectivity index is 2.79. The summed E-state index contributed by atoms with van der Waals surface area (Å²) in [5.41, 5.74) is 12.1. The van der Waals surface area contributed by atoms with Crippen molar-refractivity contribution in [2.75, 3.05) is 0 Å². The van der Waals surface area contributed by atoms with Crippen LogP contribution in [0.1, 0.15) is 33.1 Å². The molecule has 1 rings (SSSR count). The van der Waals surface area contributed by atoms with Gasteiger partial charge in [0, 0.05) is 18.0 Å². The van der Waals surface area contributed by atoms with Crippen LogP contribution in [0.25, 0.3) is 0 Å². The second kappa shape index (κ2) is 5.80. The number of aliphatic hydroxyl groups is 1. The van der Waals surface area contributed by atoms with Crippen molar-refractivity contribution in [3.05, 3.63) is 0 Å². The Morgan fingerprint density at radius 1 is 1.41 bits per heavy atom. The van der Waals surface area contributed by atoms with Crippen molar-refractivity contribution in [1.82, 2.24) is 0 Å². The first kappa shape index (κ1) is 14.4. The third-order valence-corrected chi connectivity index (χ3v) is 4.18. The van der Waals surface area contributed by atoms with Gasteiger partial charge in [-0.05, 0) is 12.3 Å². The molecule has 0 aromatic heterocycles. The first-order valence-corrected chi connectivity index (χ1v) is 6.36. The fourth-order valence-electron chi connectivity index (χ4n) is 3.02. The van der Waals surface area contributed by atoms with Crippen LogP contribution >= 0.6 is 0 Å². The maximum absolute atomic E-state index is 11.0. The number of aliphatic hydroxyl groups excluding tert-OH is 1. The van der Waals surface area contributed by atoms with Crippen LogP contribution < -0.4 is 11.5 Å². The minimum Gasteiger partial charge on any atom is -0.481 e. The monoisotopic (exact) mass is 244 g/mol. The highest BCUT2D eigenvalue weighted by Gasteiger charge is 2.47. The zero-order valence-electron chi connectivity index (χ0n) is 10.5. The summed E-state index contributed by atoms with van der Waals surface area (Å²) in [6.07, 6.45) is 1.24. The van der Waals surface area contributed by atoms with E-state index in [2.05, 4.69) is 13.8 Å². The number of aliphatic carboxylic acids is 1. The second-order valence-electron chi connectivity index (χ2n) is 5.07. The molecule has 5 nitrogen and oxygen atoms in total. The van der Waals surface area contributed by atoms with E-state index in [1.807, 2.05) is 0 Å². The van der Waals surface area contributed by atoms with Crippen molar-refractivity contribution in [2.24, 2.45) is 29.2 Å². The summed E-state index contributed by atoms with van der Waals surface area (Å²) in [5, 5.41) is 19.1. The Kier molecular flexibility index (Phi) is 4.91. The number of carboxylic acid groups (broad SMARTS) is 1. The van der Waals surface area contributed by atoms with E-state index in [1.165, 1.54) is 0 Å². The summed E-state index contributed by atoms with van der Waals surface area (Å²) in [4.78, 5) is 11.0. The highest BCUT2D eigenvalue weighted by molar-refractivity contribution is 5.71. The van der Waals surface area contributed by atoms with Crippen molar-refractivity contribution >= 4 is 5.97 Å². The molecule has 0 spiro atoms. The number of carboxylic acids is 1. The molecular formula is C12H24N2O3. The summed E-state index contributed by atoms with van der Waals surface area (Å²) in [6.45, 7) is 4.10. The van der Waals surface area contributed by atoms with E-state index in [0.717, 1.165) is 12.8 Å². The lowest BCUT2D eigenvalue weighted by atomic mass is 9.81. The van der Waals surface area contributed by atoms with Gasteiger partial charge < -0.3 is 21.7 Å². The summed E-state index contributed by atoms with van der Waals surface area (Å²) in [5.74, 6) is -1.77. The van der Waals surface area contributed by atoms with Gasteiger partial charge in [0.1, 0.15) is 0 Å². The van der Waals surface area contributed by atoms with Crippen LogP contribution in [0.2, 0.25) is 0 Å². The van der Waals surface area contributed by atoms with Crippen LogP contribution in [-0.4, -0.2) is 34.4 Å². The molecule has 0 bridgehead atoms. The molecule has 5 heteroatoms. The smallest absolute Gasteiger partial charge is 0.309 e. The zero-order valence-corrected chi connectivity index (χ0v) is 10.5. The van der Waals surface area contributed by atoms with E-state index < -0.39 is 18.0 Å². The number of hydrogen-bond acceptors (Lipinski definition) is 4. The predicted octanol–water partition coefficient (Wildman–Crippen LogP) is 0.159. The highest BCUT2D eigenvalue weighted by Crippen LogP contribution is 2.35. The van der Waals surface area contributed by atoms with E-state index in [-0.39, 0.29) is 23.9 Å². The molecule has 17 heavy (non-hydrogen) atoms. The van der Waals surface area contributed by atoms with Gasteiger partial charge in [-0.25, -0.2) is 0 Å². The summed E-state index contributed by atoms with van der Waals surface area (Å²) in [6, 6.07) is -0.541. The van der Waals surface area contributed by atoms with Crippen molar-refractivity contribution in [2.45, 2.75) is 51.3 Å². The van der Waals surface area contributed by atoms with Gasteiger partial charge in [-0.15, -0.1) is 0 Å². The average Bonchev–Trinajstić information content (AvgIpc) is 2.56. The molecule has 0 heterocycles. The van der Waals surface area contributed by atoms with Gasteiger partial charge in [0.15, 0.2) is 0 Å². The highest BCUT2D eigenvalue weighted by atomic mass is 16.4. The minimum atomic E-state index is -0.979. The molecule has 0 amide bonds. The minimum absolute atomic E-state index is 0.223. The Bertz CT molecular complexity index is 268. The molecule has 5 atom stereocenters. The molecule has 1 fully saturated rings. The van der Waals surface area contributed by atoms with Crippen LogP contribution in [0.4, 0.5) is 0 Å². The Labute approximate surface area is 102 Å². The third-order valence-electron chi connectivity index (χ3n) is 4.18. The average molecular weight is 244 g/mol. The van der Waals surface area contributed by atoms with Crippen LogP contribution in [0, 0.1) is 17.8 Å². The third kappa shape index (κ3) is 2.78. The van der Waals surface area contributed by atoms with E-state index in [1.54, 1.807) is 0 Å². The predicted molar refractivity (Wildman–Crippen MR) is 65.3 cm³/mol. The molecule has 6 N–H and O–H groups in total. The van der Waals surface area contributed by atoms with Gasteiger partial charge >= 0.3 is 5.97 Å². The SMILES string of the molecule is CCC(CC)C(N)C1C(N)CC(C(=O)O)C1O. The number of hydrogen-bond donors (Lipinski definition) is 4. The van der Waals surface area contributed by atoms with Gasteiger partial charge in [0.05, 0.1) is 12.0 Å². The first-order valence-electron chi connectivity index (χ1n) is 6.36. The Morgan fingerprint density at radius 3 is 2.29 bits per heavy atom. The topological polar surface area (TPSA) is 110 Å². The lowest BCUT2D eigenvalue weighted by molar-refractivity contribution is -0.145. The quantitative estimate of drug-likeness (QED) is 0.550. The van der Waals surface area contributed by atoms with Crippen LogP contribution in [-0.2, 0) is 4.79 Å².